The van der Waals surface area contributed by atoms with Crippen molar-refractivity contribution in [3.63, 3.8) is 0 Å². The molecule has 1 fully saturated rings. The Morgan fingerprint density at radius 3 is 2.93 bits per heavy atom. The first kappa shape index (κ1) is 18.0. The highest BCUT2D eigenvalue weighted by Crippen LogP contribution is 2.39. The van der Waals surface area contributed by atoms with Crippen molar-refractivity contribution in [3.05, 3.63) is 53.1 Å². The number of carbonyl (C=O) groups excluding carboxylic acids is 1. The summed E-state index contributed by atoms with van der Waals surface area (Å²) in [6, 6.07) is 13.5. The van der Waals surface area contributed by atoms with Gasteiger partial charge in [-0.05, 0) is 37.3 Å². The summed E-state index contributed by atoms with van der Waals surface area (Å²) in [7, 11) is 0. The SMILES string of the molecule is CC(=O)[C@@H](C)[C@@H]1CN(C2=Nc3cc(Cl)ccc3Oc3ccccc32)CCN1. The molecule has 6 heteroatoms. The number of nitrogens with zero attached hydrogens (tertiary/aromatic N) is 2. The van der Waals surface area contributed by atoms with Crippen LogP contribution in [0.1, 0.15) is 19.4 Å². The molecule has 0 aliphatic carbocycles. The van der Waals surface area contributed by atoms with Gasteiger partial charge >= 0.3 is 0 Å². The highest BCUT2D eigenvalue weighted by Gasteiger charge is 2.30. The number of fused-ring (bicyclic) bond motifs is 2. The van der Waals surface area contributed by atoms with Crippen molar-refractivity contribution in [2.45, 2.75) is 19.9 Å². The predicted octanol–water partition coefficient (Wildman–Crippen LogP) is 4.02. The van der Waals surface area contributed by atoms with E-state index in [-0.39, 0.29) is 17.7 Å². The van der Waals surface area contributed by atoms with Gasteiger partial charge < -0.3 is 15.0 Å². The number of halogens is 1. The van der Waals surface area contributed by atoms with E-state index in [2.05, 4.69) is 10.2 Å². The summed E-state index contributed by atoms with van der Waals surface area (Å²) in [5.41, 5.74) is 1.66. The second kappa shape index (κ2) is 7.33. The van der Waals surface area contributed by atoms with Crippen molar-refractivity contribution in [3.8, 4) is 11.5 Å². The number of carbonyl (C=O) groups is 1. The zero-order valence-electron chi connectivity index (χ0n) is 15.4. The van der Waals surface area contributed by atoms with E-state index in [0.717, 1.165) is 30.2 Å². The Bertz CT molecular complexity index is 912. The van der Waals surface area contributed by atoms with Crippen molar-refractivity contribution in [2.24, 2.45) is 10.9 Å². The summed E-state index contributed by atoms with van der Waals surface area (Å²) in [5, 5.41) is 4.09. The molecule has 0 amide bonds. The summed E-state index contributed by atoms with van der Waals surface area (Å²) >= 11 is 6.19. The molecular formula is C21H22ClN3O2. The Balaban J connectivity index is 1.76. The average Bonchev–Trinajstić information content (AvgIpc) is 2.84. The van der Waals surface area contributed by atoms with Gasteiger partial charge in [-0.3, -0.25) is 4.79 Å². The van der Waals surface area contributed by atoms with Crippen LogP contribution < -0.4 is 10.1 Å². The van der Waals surface area contributed by atoms with E-state index >= 15 is 0 Å². The largest absolute Gasteiger partial charge is 0.454 e. The lowest BCUT2D eigenvalue weighted by Gasteiger charge is -2.37. The number of amidine groups is 1. The number of nitrogens with one attached hydrogen (secondary N) is 1. The van der Waals surface area contributed by atoms with E-state index in [1.165, 1.54) is 0 Å². The van der Waals surface area contributed by atoms with Gasteiger partial charge in [0.15, 0.2) is 5.75 Å². The fourth-order valence-electron chi connectivity index (χ4n) is 3.53. The van der Waals surface area contributed by atoms with E-state index in [0.29, 0.717) is 23.0 Å². The molecule has 2 aliphatic heterocycles. The number of hydrogen-bond donors (Lipinski definition) is 1. The molecule has 2 aliphatic rings. The molecule has 2 atom stereocenters. The fourth-order valence-corrected chi connectivity index (χ4v) is 3.69. The van der Waals surface area contributed by atoms with Gasteiger partial charge in [0.2, 0.25) is 0 Å². The lowest BCUT2D eigenvalue weighted by atomic mass is 9.95. The molecule has 27 heavy (non-hydrogen) atoms. The standard InChI is InChI=1S/C21H22ClN3O2/c1-13(14(2)26)18-12-25(10-9-23-18)21-16-5-3-4-6-19(16)27-20-8-7-15(22)11-17(20)24-21/h3-8,11,13,18,23H,9-10,12H2,1-2H3/t13-,18+/m1/s1. The Kier molecular flexibility index (Phi) is 4.89. The average molecular weight is 384 g/mol. The first-order valence-electron chi connectivity index (χ1n) is 9.17. The normalized spacial score (nSPS) is 19.9. The molecule has 1 N–H and O–H groups in total. The van der Waals surface area contributed by atoms with Crippen LogP contribution >= 0.6 is 11.6 Å². The number of aliphatic imine (C=N–C) groups is 1. The van der Waals surface area contributed by atoms with E-state index in [1.807, 2.05) is 43.3 Å². The van der Waals surface area contributed by atoms with Crippen molar-refractivity contribution >= 4 is 28.9 Å². The maximum absolute atomic E-state index is 11.9. The molecule has 4 rings (SSSR count). The maximum Gasteiger partial charge on any atom is 0.153 e. The molecule has 0 unspecified atom stereocenters. The van der Waals surface area contributed by atoms with Crippen molar-refractivity contribution in [1.29, 1.82) is 0 Å². The molecule has 5 nitrogen and oxygen atoms in total. The van der Waals surface area contributed by atoms with Gasteiger partial charge in [0, 0.05) is 36.6 Å². The van der Waals surface area contributed by atoms with Crippen LogP contribution in [0, 0.1) is 5.92 Å². The molecule has 140 valence electrons. The lowest BCUT2D eigenvalue weighted by molar-refractivity contribution is -0.121. The number of Topliss-reactive ketones (excluding diaryl/α,β-unsaturated/α-hetero) is 1. The first-order valence-corrected chi connectivity index (χ1v) is 9.55. The minimum Gasteiger partial charge on any atom is -0.454 e. The molecule has 2 aromatic carbocycles. The van der Waals surface area contributed by atoms with Crippen LogP contribution in [0.4, 0.5) is 5.69 Å². The number of benzene rings is 2. The second-order valence-corrected chi connectivity index (χ2v) is 7.49. The number of hydrogen-bond acceptors (Lipinski definition) is 5. The molecule has 2 aromatic rings. The van der Waals surface area contributed by atoms with Gasteiger partial charge in [0.05, 0.1) is 5.56 Å². The first-order chi connectivity index (χ1) is 13.0. The third-order valence-electron chi connectivity index (χ3n) is 5.24. The Morgan fingerprint density at radius 1 is 1.30 bits per heavy atom. The summed E-state index contributed by atoms with van der Waals surface area (Å²) in [6.45, 7) is 5.95. The smallest absolute Gasteiger partial charge is 0.153 e. The van der Waals surface area contributed by atoms with E-state index in [4.69, 9.17) is 21.3 Å². The van der Waals surface area contributed by atoms with Crippen LogP contribution in [0.25, 0.3) is 0 Å². The van der Waals surface area contributed by atoms with Crippen LogP contribution in [0.5, 0.6) is 11.5 Å². The Morgan fingerprint density at radius 2 is 2.11 bits per heavy atom. The number of rotatable bonds is 2. The summed E-state index contributed by atoms with van der Waals surface area (Å²) in [6.07, 6.45) is 0. The molecular weight excluding hydrogens is 362 g/mol. The minimum atomic E-state index is -0.0487. The van der Waals surface area contributed by atoms with Gasteiger partial charge in [-0.2, -0.15) is 0 Å². The van der Waals surface area contributed by atoms with Crippen LogP contribution in [-0.2, 0) is 4.79 Å². The van der Waals surface area contributed by atoms with Crippen molar-refractivity contribution in [1.82, 2.24) is 10.2 Å². The topological polar surface area (TPSA) is 53.9 Å². The molecule has 0 radical (unpaired) electrons. The Labute approximate surface area is 164 Å². The van der Waals surface area contributed by atoms with E-state index in [1.54, 1.807) is 13.0 Å². The highest BCUT2D eigenvalue weighted by molar-refractivity contribution is 6.31. The summed E-state index contributed by atoms with van der Waals surface area (Å²) in [4.78, 5) is 19.0. The van der Waals surface area contributed by atoms with Gasteiger partial charge in [-0.1, -0.05) is 30.7 Å². The van der Waals surface area contributed by atoms with E-state index < -0.39 is 0 Å². The molecule has 0 aromatic heterocycles. The zero-order valence-corrected chi connectivity index (χ0v) is 16.2. The van der Waals surface area contributed by atoms with Gasteiger partial charge in [-0.25, -0.2) is 4.99 Å². The van der Waals surface area contributed by atoms with Gasteiger partial charge in [0.25, 0.3) is 0 Å². The maximum atomic E-state index is 11.9. The molecule has 0 saturated carbocycles. The van der Waals surface area contributed by atoms with Gasteiger partial charge in [0.1, 0.15) is 23.1 Å². The van der Waals surface area contributed by atoms with Crippen molar-refractivity contribution in [2.75, 3.05) is 19.6 Å². The third-order valence-corrected chi connectivity index (χ3v) is 5.48. The van der Waals surface area contributed by atoms with Crippen LogP contribution in [0.2, 0.25) is 5.02 Å². The summed E-state index contributed by atoms with van der Waals surface area (Å²) in [5.74, 6) is 2.46. The fraction of sp³-hybridized carbons (Fsp3) is 0.333. The molecule has 1 saturated heterocycles. The van der Waals surface area contributed by atoms with E-state index in [9.17, 15) is 4.79 Å². The third kappa shape index (κ3) is 3.57. The van der Waals surface area contributed by atoms with Crippen LogP contribution in [0.3, 0.4) is 0 Å². The van der Waals surface area contributed by atoms with Crippen LogP contribution in [0.15, 0.2) is 47.5 Å². The molecule has 2 heterocycles. The minimum absolute atomic E-state index is 0.0487. The number of ether oxygens (including phenoxy) is 1. The molecule has 0 spiro atoms. The highest BCUT2D eigenvalue weighted by atomic mass is 35.5. The number of piperazine rings is 1. The lowest BCUT2D eigenvalue weighted by Crippen LogP contribution is -2.56. The number of para-hydroxylation sites is 1. The predicted molar refractivity (Wildman–Crippen MR) is 107 cm³/mol. The van der Waals surface area contributed by atoms with Crippen LogP contribution in [-0.4, -0.2) is 42.2 Å². The van der Waals surface area contributed by atoms with Gasteiger partial charge in [-0.15, -0.1) is 0 Å². The van der Waals surface area contributed by atoms with Crippen molar-refractivity contribution < 1.29 is 9.53 Å². The second-order valence-electron chi connectivity index (χ2n) is 7.05. The summed E-state index contributed by atoms with van der Waals surface area (Å²) < 4.78 is 6.12. The Hall–Kier alpha value is -2.37. The monoisotopic (exact) mass is 383 g/mol. The quantitative estimate of drug-likeness (QED) is 0.850. The molecule has 0 bridgehead atoms. The number of ketones is 1. The zero-order chi connectivity index (χ0) is 19.0.